The number of anilines is 1. The van der Waals surface area contributed by atoms with Gasteiger partial charge < -0.3 is 20.4 Å². The lowest BCUT2D eigenvalue weighted by Crippen LogP contribution is -2.44. The highest BCUT2D eigenvalue weighted by molar-refractivity contribution is 6.13. The molecule has 0 saturated heterocycles. The van der Waals surface area contributed by atoms with Crippen LogP contribution in [0.25, 0.3) is 33.4 Å². The van der Waals surface area contributed by atoms with Gasteiger partial charge in [0.05, 0.1) is 17.2 Å². The van der Waals surface area contributed by atoms with Crippen LogP contribution >= 0.6 is 0 Å². The summed E-state index contributed by atoms with van der Waals surface area (Å²) in [6.45, 7) is 0. The van der Waals surface area contributed by atoms with E-state index in [1.807, 2.05) is 0 Å². The van der Waals surface area contributed by atoms with E-state index in [0.717, 1.165) is 0 Å². The van der Waals surface area contributed by atoms with Gasteiger partial charge in [0.2, 0.25) is 0 Å². The van der Waals surface area contributed by atoms with E-state index in [-0.39, 0.29) is 16.7 Å². The van der Waals surface area contributed by atoms with Crippen molar-refractivity contribution in [3.8, 4) is 22.5 Å². The third kappa shape index (κ3) is 2.66. The van der Waals surface area contributed by atoms with Crippen LogP contribution in [-0.4, -0.2) is 22.2 Å². The van der Waals surface area contributed by atoms with Crippen LogP contribution < -0.4 is 16.5 Å². The Labute approximate surface area is 158 Å². The molecule has 0 bridgehead atoms. The Morgan fingerprint density at radius 3 is 2.21 bits per heavy atom. The Balaban J connectivity index is 2.28. The summed E-state index contributed by atoms with van der Waals surface area (Å²) >= 11 is 0. The summed E-state index contributed by atoms with van der Waals surface area (Å²) in [4.78, 5) is 23.8. The predicted molar refractivity (Wildman–Crippen MR) is 102 cm³/mol. The molecule has 1 aliphatic carbocycles. The second-order valence-electron chi connectivity index (χ2n) is 6.33. The minimum Gasteiger partial charge on any atom is -0.478 e. The molecule has 2 aromatic rings. The molecular formula is C21H15N2O5+. The average molecular weight is 375 g/mol. The van der Waals surface area contributed by atoms with Gasteiger partial charge in [0.25, 0.3) is 0 Å². The molecule has 7 heteroatoms. The number of carboxylic acids is 2. The second-order valence-corrected chi connectivity index (χ2v) is 6.33. The Hall–Kier alpha value is -4.13. The highest BCUT2D eigenvalue weighted by Crippen LogP contribution is 2.42. The van der Waals surface area contributed by atoms with E-state index in [2.05, 4.69) is 0 Å². The molecular weight excluding hydrogens is 360 g/mol. The van der Waals surface area contributed by atoms with Crippen LogP contribution in [0.2, 0.25) is 0 Å². The largest absolute Gasteiger partial charge is 0.478 e. The molecule has 2 aliphatic rings. The van der Waals surface area contributed by atoms with Crippen LogP contribution in [0.15, 0.2) is 59.0 Å². The van der Waals surface area contributed by atoms with Gasteiger partial charge in [-0.1, -0.05) is 6.07 Å². The van der Waals surface area contributed by atoms with Crippen molar-refractivity contribution in [2.24, 2.45) is 0 Å². The fraction of sp³-hybridized carbons (Fsp3) is 0. The normalized spacial score (nSPS) is 11.0. The lowest BCUT2D eigenvalue weighted by atomic mass is 9.87. The fourth-order valence-corrected chi connectivity index (χ4v) is 3.37. The zero-order valence-electron chi connectivity index (χ0n) is 14.5. The highest BCUT2D eigenvalue weighted by Gasteiger charge is 2.26. The zero-order valence-corrected chi connectivity index (χ0v) is 14.5. The van der Waals surface area contributed by atoms with Crippen LogP contribution in [0.4, 0.5) is 5.69 Å². The van der Waals surface area contributed by atoms with Gasteiger partial charge in [0, 0.05) is 39.9 Å². The average Bonchev–Trinajstić information content (AvgIpc) is 2.65. The predicted octanol–water partition coefficient (Wildman–Crippen LogP) is 1.84. The Morgan fingerprint density at radius 2 is 1.57 bits per heavy atom. The number of carboxylic acid groups (broad SMARTS) is 2. The number of benzene rings is 3. The van der Waals surface area contributed by atoms with Gasteiger partial charge >= 0.3 is 11.9 Å². The second kappa shape index (κ2) is 6.24. The highest BCUT2D eigenvalue weighted by atomic mass is 16.4. The molecule has 0 saturated carbocycles. The van der Waals surface area contributed by atoms with Crippen LogP contribution in [0, 0.1) is 0 Å². The van der Waals surface area contributed by atoms with Gasteiger partial charge in [-0.05, 0) is 30.3 Å². The molecule has 0 unspecified atom stereocenters. The topological polar surface area (TPSA) is 139 Å². The molecule has 28 heavy (non-hydrogen) atoms. The van der Waals surface area contributed by atoms with E-state index >= 15 is 0 Å². The zero-order chi connectivity index (χ0) is 20.0. The first-order valence-electron chi connectivity index (χ1n) is 8.31. The summed E-state index contributed by atoms with van der Waals surface area (Å²) < 4.78 is 5.92. The Morgan fingerprint density at radius 1 is 0.893 bits per heavy atom. The van der Waals surface area contributed by atoms with Crippen molar-refractivity contribution in [3.63, 3.8) is 0 Å². The molecule has 0 aromatic heterocycles. The first-order valence-corrected chi connectivity index (χ1v) is 8.31. The molecule has 138 valence electrons. The van der Waals surface area contributed by atoms with Crippen molar-refractivity contribution >= 4 is 28.6 Å². The quantitative estimate of drug-likeness (QED) is 0.318. The fourth-order valence-electron chi connectivity index (χ4n) is 3.37. The molecule has 1 heterocycles. The van der Waals surface area contributed by atoms with Crippen LogP contribution in [0.3, 0.4) is 0 Å². The maximum absolute atomic E-state index is 11.9. The van der Waals surface area contributed by atoms with E-state index in [1.54, 1.807) is 36.4 Å². The SMILES string of the molecule is Nc1ccc2c(-c3c(C(=O)O)cccc3C(=O)O)c3ccc(=[NH2+])cc-3oc2c1. The molecule has 7 nitrogen and oxygen atoms in total. The number of nitrogen functional groups attached to an aromatic ring is 1. The van der Waals surface area contributed by atoms with Gasteiger partial charge in [-0.25, -0.2) is 9.59 Å². The van der Waals surface area contributed by atoms with Gasteiger partial charge in [0.1, 0.15) is 11.3 Å². The van der Waals surface area contributed by atoms with Gasteiger partial charge in [-0.3, -0.25) is 5.41 Å². The van der Waals surface area contributed by atoms with Crippen molar-refractivity contribution in [1.29, 1.82) is 0 Å². The summed E-state index contributed by atoms with van der Waals surface area (Å²) in [5, 5.41) is 26.3. The number of carbonyl (C=O) groups is 2. The number of rotatable bonds is 3. The monoisotopic (exact) mass is 375 g/mol. The summed E-state index contributed by atoms with van der Waals surface area (Å²) in [5.74, 6) is -2.07. The molecule has 2 aromatic carbocycles. The molecule has 0 spiro atoms. The number of aromatic carboxylic acids is 2. The van der Waals surface area contributed by atoms with Crippen molar-refractivity contribution in [1.82, 2.24) is 0 Å². The minimum absolute atomic E-state index is 0.0999. The summed E-state index contributed by atoms with van der Waals surface area (Å²) in [7, 11) is 0. The van der Waals surface area contributed by atoms with E-state index in [9.17, 15) is 19.8 Å². The molecule has 0 atom stereocenters. The van der Waals surface area contributed by atoms with Gasteiger partial charge in [-0.2, -0.15) is 0 Å². The lowest BCUT2D eigenvalue weighted by Gasteiger charge is -2.18. The van der Waals surface area contributed by atoms with E-state index in [4.69, 9.17) is 15.6 Å². The van der Waals surface area contributed by atoms with Crippen molar-refractivity contribution in [2.45, 2.75) is 0 Å². The molecule has 6 N–H and O–H groups in total. The van der Waals surface area contributed by atoms with Crippen molar-refractivity contribution in [3.05, 3.63) is 71.1 Å². The molecule has 0 fully saturated rings. The van der Waals surface area contributed by atoms with Crippen LogP contribution in [0.1, 0.15) is 20.7 Å². The van der Waals surface area contributed by atoms with Gasteiger partial charge in [-0.15, -0.1) is 0 Å². The van der Waals surface area contributed by atoms with Crippen LogP contribution in [-0.2, 0) is 0 Å². The maximum Gasteiger partial charge on any atom is 0.336 e. The molecule has 1 aliphatic heterocycles. The standard InChI is InChI=1S/C21H14N2O5/c22-10-4-6-12-16(8-10)28-17-9-11(23)5-7-13(17)18(12)19-14(20(24)25)2-1-3-15(19)21(26)27/h1-9,22H,23H2,(H,24,25)(H,26,27)/p+1. The minimum atomic E-state index is -1.23. The first kappa shape index (κ1) is 17.3. The first-order chi connectivity index (χ1) is 13.4. The summed E-state index contributed by atoms with van der Waals surface area (Å²) in [5.41, 5.74) is 7.55. The third-order valence-electron chi connectivity index (χ3n) is 4.55. The molecule has 4 rings (SSSR count). The van der Waals surface area contributed by atoms with Crippen molar-refractivity contribution < 1.29 is 29.6 Å². The van der Waals surface area contributed by atoms with Crippen LogP contribution in [0.5, 0.6) is 0 Å². The number of fused-ring (bicyclic) bond motifs is 2. The Kier molecular flexibility index (Phi) is 3.85. The summed E-state index contributed by atoms with van der Waals surface area (Å²) in [6, 6.07) is 14.0. The number of nitrogens with two attached hydrogens (primary N) is 2. The number of hydrogen-bond acceptors (Lipinski definition) is 4. The van der Waals surface area contributed by atoms with Gasteiger partial charge in [0.15, 0.2) is 5.36 Å². The summed E-state index contributed by atoms with van der Waals surface area (Å²) in [6.07, 6.45) is 0. The van der Waals surface area contributed by atoms with Crippen molar-refractivity contribution in [2.75, 3.05) is 5.73 Å². The van der Waals surface area contributed by atoms with E-state index < -0.39 is 11.9 Å². The molecule has 0 radical (unpaired) electrons. The van der Waals surface area contributed by atoms with E-state index in [0.29, 0.717) is 38.9 Å². The Bertz CT molecular complexity index is 1270. The number of hydrogen-bond donors (Lipinski definition) is 4. The van der Waals surface area contributed by atoms with E-state index in [1.165, 1.54) is 18.2 Å². The molecule has 0 amide bonds. The maximum atomic E-state index is 11.9. The lowest BCUT2D eigenvalue weighted by molar-refractivity contribution is -0.172. The third-order valence-corrected chi connectivity index (χ3v) is 4.55. The smallest absolute Gasteiger partial charge is 0.336 e.